The van der Waals surface area contributed by atoms with Crippen molar-refractivity contribution in [1.29, 1.82) is 0 Å². The van der Waals surface area contributed by atoms with Crippen molar-refractivity contribution in [1.82, 2.24) is 10.2 Å². The molecule has 2 aliphatic heterocycles. The summed E-state index contributed by atoms with van der Waals surface area (Å²) >= 11 is 0. The number of primary amides is 1. The first-order valence-electron chi connectivity index (χ1n) is 8.60. The van der Waals surface area contributed by atoms with E-state index in [9.17, 15) is 9.59 Å². The van der Waals surface area contributed by atoms with Crippen molar-refractivity contribution in [2.24, 2.45) is 11.7 Å². The third kappa shape index (κ3) is 3.70. The fraction of sp³-hybridized carbons (Fsp3) is 0.556. The van der Waals surface area contributed by atoms with E-state index in [1.165, 1.54) is 11.1 Å². The van der Waals surface area contributed by atoms with Gasteiger partial charge in [-0.05, 0) is 37.0 Å². The number of nitrogens with two attached hydrogens (primary N) is 1. The van der Waals surface area contributed by atoms with E-state index in [1.807, 2.05) is 17.0 Å². The molecule has 2 amide bonds. The first-order valence-corrected chi connectivity index (χ1v) is 8.60. The lowest BCUT2D eigenvalue weighted by Gasteiger charge is -2.31. The molecule has 0 aromatic heterocycles. The van der Waals surface area contributed by atoms with Crippen LogP contribution in [0.1, 0.15) is 36.9 Å². The summed E-state index contributed by atoms with van der Waals surface area (Å²) < 4.78 is 5.52. The smallest absolute Gasteiger partial charge is 0.236 e. The fourth-order valence-electron chi connectivity index (χ4n) is 3.36. The number of nitrogens with one attached hydrogen (secondary N) is 1. The van der Waals surface area contributed by atoms with E-state index in [0.29, 0.717) is 32.5 Å². The lowest BCUT2D eigenvalue weighted by molar-refractivity contribution is -0.134. The average molecular weight is 331 g/mol. The molecule has 0 radical (unpaired) electrons. The van der Waals surface area contributed by atoms with E-state index in [4.69, 9.17) is 10.5 Å². The molecule has 0 aliphatic carbocycles. The fourth-order valence-corrected chi connectivity index (χ4v) is 3.36. The monoisotopic (exact) mass is 331 g/mol. The van der Waals surface area contributed by atoms with Gasteiger partial charge in [0.25, 0.3) is 0 Å². The Bertz CT molecular complexity index is 624. The standard InChI is InChI=1S/C18H25N3O3/c1-12(14-2-3-16-15(10-14)6-9-24-16)20-11-17(22)21-7-4-13(5-8-21)18(19)23/h2-3,10,12-13,20H,4-9,11H2,1H3,(H2,19,23)/t12-/m1/s1. The van der Waals surface area contributed by atoms with Gasteiger partial charge in [-0.3, -0.25) is 9.59 Å². The predicted molar refractivity (Wildman–Crippen MR) is 90.6 cm³/mol. The number of rotatable bonds is 5. The van der Waals surface area contributed by atoms with Crippen LogP contribution in [-0.4, -0.2) is 43.0 Å². The van der Waals surface area contributed by atoms with Crippen LogP contribution in [0.4, 0.5) is 0 Å². The number of hydrogen-bond acceptors (Lipinski definition) is 4. The third-order valence-corrected chi connectivity index (χ3v) is 5.02. The summed E-state index contributed by atoms with van der Waals surface area (Å²) in [5.41, 5.74) is 7.73. The summed E-state index contributed by atoms with van der Waals surface area (Å²) in [4.78, 5) is 25.3. The Balaban J connectivity index is 1.48. The Morgan fingerprint density at radius 3 is 2.83 bits per heavy atom. The summed E-state index contributed by atoms with van der Waals surface area (Å²) in [6, 6.07) is 6.31. The highest BCUT2D eigenvalue weighted by Gasteiger charge is 2.25. The van der Waals surface area contributed by atoms with Crippen LogP contribution in [0.2, 0.25) is 0 Å². The number of carbonyl (C=O) groups is 2. The second-order valence-corrected chi connectivity index (χ2v) is 6.63. The van der Waals surface area contributed by atoms with Gasteiger partial charge in [0, 0.05) is 31.5 Å². The van der Waals surface area contributed by atoms with Crippen molar-refractivity contribution >= 4 is 11.8 Å². The summed E-state index contributed by atoms with van der Waals surface area (Å²) in [5.74, 6) is 0.706. The molecule has 0 bridgehead atoms. The highest BCUT2D eigenvalue weighted by atomic mass is 16.5. The van der Waals surface area contributed by atoms with E-state index in [2.05, 4.69) is 18.3 Å². The summed E-state index contributed by atoms with van der Waals surface area (Å²) in [6.45, 7) is 4.33. The molecule has 24 heavy (non-hydrogen) atoms. The molecule has 3 N–H and O–H groups in total. The quantitative estimate of drug-likeness (QED) is 0.843. The number of fused-ring (bicyclic) bond motifs is 1. The Morgan fingerprint density at radius 2 is 2.12 bits per heavy atom. The molecule has 1 saturated heterocycles. The zero-order chi connectivity index (χ0) is 17.1. The number of ether oxygens (including phenoxy) is 1. The van der Waals surface area contributed by atoms with Crippen LogP contribution < -0.4 is 15.8 Å². The van der Waals surface area contributed by atoms with Crippen molar-refractivity contribution in [3.05, 3.63) is 29.3 Å². The van der Waals surface area contributed by atoms with Gasteiger partial charge in [-0.1, -0.05) is 12.1 Å². The van der Waals surface area contributed by atoms with Gasteiger partial charge in [-0.25, -0.2) is 0 Å². The van der Waals surface area contributed by atoms with Crippen LogP contribution in [0, 0.1) is 5.92 Å². The molecule has 2 aliphatic rings. The minimum atomic E-state index is -0.255. The van der Waals surface area contributed by atoms with Gasteiger partial charge in [0.15, 0.2) is 0 Å². The number of benzene rings is 1. The predicted octanol–water partition coefficient (Wildman–Crippen LogP) is 0.996. The molecule has 6 heteroatoms. The SMILES string of the molecule is C[C@@H](NCC(=O)N1CCC(C(N)=O)CC1)c1ccc2c(c1)CCO2. The van der Waals surface area contributed by atoms with Crippen LogP contribution in [0.5, 0.6) is 5.75 Å². The Hall–Kier alpha value is -2.08. The summed E-state index contributed by atoms with van der Waals surface area (Å²) in [5, 5.41) is 3.30. The zero-order valence-electron chi connectivity index (χ0n) is 14.1. The topological polar surface area (TPSA) is 84.7 Å². The van der Waals surface area contributed by atoms with E-state index in [-0.39, 0.29) is 23.8 Å². The van der Waals surface area contributed by atoms with Gasteiger partial charge in [-0.2, -0.15) is 0 Å². The van der Waals surface area contributed by atoms with E-state index in [1.54, 1.807) is 0 Å². The van der Waals surface area contributed by atoms with Gasteiger partial charge in [0.2, 0.25) is 11.8 Å². The molecular weight excluding hydrogens is 306 g/mol. The number of nitrogens with zero attached hydrogens (tertiary/aromatic N) is 1. The molecule has 130 valence electrons. The summed E-state index contributed by atoms with van der Waals surface area (Å²) in [6.07, 6.45) is 2.28. The molecule has 0 spiro atoms. The normalized spacial score (nSPS) is 18.8. The van der Waals surface area contributed by atoms with Crippen LogP contribution in [-0.2, 0) is 16.0 Å². The number of hydrogen-bond donors (Lipinski definition) is 2. The number of carbonyl (C=O) groups excluding carboxylic acids is 2. The van der Waals surface area contributed by atoms with E-state index >= 15 is 0 Å². The van der Waals surface area contributed by atoms with Crippen LogP contribution in [0.15, 0.2) is 18.2 Å². The lowest BCUT2D eigenvalue weighted by Crippen LogP contribution is -2.45. The first-order chi connectivity index (χ1) is 11.5. The van der Waals surface area contributed by atoms with Gasteiger partial charge in [0.1, 0.15) is 5.75 Å². The molecule has 0 saturated carbocycles. The van der Waals surface area contributed by atoms with Crippen molar-refractivity contribution < 1.29 is 14.3 Å². The van der Waals surface area contributed by atoms with Gasteiger partial charge < -0.3 is 20.7 Å². The lowest BCUT2D eigenvalue weighted by atomic mass is 9.96. The number of piperidine rings is 1. The van der Waals surface area contributed by atoms with Crippen LogP contribution in [0.3, 0.4) is 0 Å². The zero-order valence-corrected chi connectivity index (χ0v) is 14.1. The maximum absolute atomic E-state index is 12.3. The number of amides is 2. The molecular formula is C18H25N3O3. The Morgan fingerprint density at radius 1 is 1.38 bits per heavy atom. The van der Waals surface area contributed by atoms with Crippen molar-refractivity contribution in [3.8, 4) is 5.75 Å². The maximum Gasteiger partial charge on any atom is 0.236 e. The largest absolute Gasteiger partial charge is 0.493 e. The van der Waals surface area contributed by atoms with E-state index in [0.717, 1.165) is 18.8 Å². The second-order valence-electron chi connectivity index (χ2n) is 6.63. The molecule has 1 fully saturated rings. The average Bonchev–Trinajstić information content (AvgIpc) is 3.07. The minimum Gasteiger partial charge on any atom is -0.493 e. The van der Waals surface area contributed by atoms with Gasteiger partial charge in [0.05, 0.1) is 13.2 Å². The molecule has 0 unspecified atom stereocenters. The maximum atomic E-state index is 12.3. The first kappa shape index (κ1) is 16.8. The van der Waals surface area contributed by atoms with Gasteiger partial charge in [-0.15, -0.1) is 0 Å². The molecule has 1 aromatic rings. The van der Waals surface area contributed by atoms with Crippen LogP contribution in [0.25, 0.3) is 0 Å². The van der Waals surface area contributed by atoms with Crippen LogP contribution >= 0.6 is 0 Å². The van der Waals surface area contributed by atoms with Crippen molar-refractivity contribution in [3.63, 3.8) is 0 Å². The van der Waals surface area contributed by atoms with E-state index < -0.39 is 0 Å². The minimum absolute atomic E-state index is 0.0780. The second kappa shape index (κ2) is 7.21. The number of likely N-dealkylation sites (tertiary alicyclic amines) is 1. The summed E-state index contributed by atoms with van der Waals surface area (Å²) in [7, 11) is 0. The van der Waals surface area contributed by atoms with Gasteiger partial charge >= 0.3 is 0 Å². The molecule has 2 heterocycles. The highest BCUT2D eigenvalue weighted by molar-refractivity contribution is 5.80. The third-order valence-electron chi connectivity index (χ3n) is 5.02. The molecule has 1 atom stereocenters. The molecule has 6 nitrogen and oxygen atoms in total. The molecule has 1 aromatic carbocycles. The molecule has 3 rings (SSSR count). The van der Waals surface area contributed by atoms with Crippen molar-refractivity contribution in [2.45, 2.75) is 32.2 Å². The Kier molecular flexibility index (Phi) is 5.04. The Labute approximate surface area is 142 Å². The van der Waals surface area contributed by atoms with Crippen molar-refractivity contribution in [2.75, 3.05) is 26.2 Å². The highest BCUT2D eigenvalue weighted by Crippen LogP contribution is 2.28.